The molecule has 0 saturated carbocycles. The second-order valence-corrected chi connectivity index (χ2v) is 5.67. The van der Waals surface area contributed by atoms with Gasteiger partial charge in [0.2, 0.25) is 0 Å². The zero-order valence-electron chi connectivity index (χ0n) is 12.3. The Hall–Kier alpha value is -2.87. The van der Waals surface area contributed by atoms with Gasteiger partial charge in [-0.05, 0) is 37.3 Å². The Morgan fingerprint density at radius 2 is 2.12 bits per heavy atom. The van der Waals surface area contributed by atoms with Gasteiger partial charge < -0.3 is 9.73 Å². The lowest BCUT2D eigenvalue weighted by Gasteiger charge is -2.19. The van der Waals surface area contributed by atoms with Gasteiger partial charge in [-0.25, -0.2) is 9.18 Å². The quantitative estimate of drug-likeness (QED) is 0.829. The molecule has 7 nitrogen and oxygen atoms in total. The summed E-state index contributed by atoms with van der Waals surface area (Å²) in [4.78, 5) is 36.6. The average molecular weight is 352 g/mol. The highest BCUT2D eigenvalue weighted by atomic mass is 35.5. The van der Waals surface area contributed by atoms with Crippen molar-refractivity contribution in [3.8, 4) is 0 Å². The van der Waals surface area contributed by atoms with Crippen molar-refractivity contribution < 1.29 is 23.2 Å². The third-order valence-electron chi connectivity index (χ3n) is 3.59. The lowest BCUT2D eigenvalue weighted by molar-refractivity contribution is -0.133. The van der Waals surface area contributed by atoms with Crippen molar-refractivity contribution in [3.63, 3.8) is 0 Å². The molecule has 1 atom stereocenters. The Labute approximate surface area is 140 Å². The first-order valence-corrected chi connectivity index (χ1v) is 7.17. The Balaban J connectivity index is 1.84. The molecule has 0 unspecified atom stereocenters. The van der Waals surface area contributed by atoms with E-state index >= 15 is 0 Å². The lowest BCUT2D eigenvalue weighted by Crippen LogP contribution is -2.48. The summed E-state index contributed by atoms with van der Waals surface area (Å²) in [5.41, 5.74) is 0.259. The zero-order valence-corrected chi connectivity index (χ0v) is 13.1. The number of imide groups is 1. The van der Waals surface area contributed by atoms with Gasteiger partial charge in [0.25, 0.3) is 11.8 Å². The van der Waals surface area contributed by atoms with E-state index in [9.17, 15) is 18.8 Å². The van der Waals surface area contributed by atoms with E-state index < -0.39 is 29.2 Å². The van der Waals surface area contributed by atoms with E-state index in [0.29, 0.717) is 5.01 Å². The maximum Gasteiger partial charge on any atom is 0.344 e. The topological polar surface area (TPSA) is 91.7 Å². The number of benzene rings is 1. The predicted molar refractivity (Wildman–Crippen MR) is 80.3 cm³/mol. The summed E-state index contributed by atoms with van der Waals surface area (Å²) in [6.07, 6.45) is 1.35. The molecule has 1 aromatic heterocycles. The van der Waals surface area contributed by atoms with Crippen molar-refractivity contribution in [2.45, 2.75) is 12.5 Å². The number of nitrogens with one attached hydrogen (secondary N) is 2. The maximum atomic E-state index is 13.8. The van der Waals surface area contributed by atoms with E-state index in [1.807, 2.05) is 0 Å². The van der Waals surface area contributed by atoms with Crippen LogP contribution in [-0.2, 0) is 10.3 Å². The van der Waals surface area contributed by atoms with Crippen molar-refractivity contribution in [3.05, 3.63) is 58.8 Å². The van der Waals surface area contributed by atoms with Crippen LogP contribution in [0.1, 0.15) is 23.0 Å². The standard InChI is InChI=1S/C15H11ClFN3O4/c1-15(11-3-2-6-24-11)13(22)20(14(23)18-15)19-12(21)9-5-4-8(16)7-10(9)17/h2-7H,1H3,(H,18,23)(H,19,21)/t15-/m0/s1. The lowest BCUT2D eigenvalue weighted by atomic mass is 10.00. The van der Waals surface area contributed by atoms with Crippen LogP contribution in [0.2, 0.25) is 5.02 Å². The number of hydrazine groups is 1. The summed E-state index contributed by atoms with van der Waals surface area (Å²) >= 11 is 5.62. The minimum atomic E-state index is -1.47. The van der Waals surface area contributed by atoms with Crippen molar-refractivity contribution in [2.75, 3.05) is 0 Å². The van der Waals surface area contributed by atoms with Crippen LogP contribution in [0.15, 0.2) is 41.0 Å². The van der Waals surface area contributed by atoms with Gasteiger partial charge in [-0.1, -0.05) is 11.6 Å². The first-order valence-electron chi connectivity index (χ1n) is 6.79. The Morgan fingerprint density at radius 1 is 1.38 bits per heavy atom. The molecule has 3 rings (SSSR count). The van der Waals surface area contributed by atoms with E-state index in [1.54, 1.807) is 6.07 Å². The van der Waals surface area contributed by atoms with Crippen molar-refractivity contribution in [1.29, 1.82) is 0 Å². The van der Waals surface area contributed by atoms with E-state index in [4.69, 9.17) is 16.0 Å². The third-order valence-corrected chi connectivity index (χ3v) is 3.83. The number of furan rings is 1. The molecule has 124 valence electrons. The number of carbonyl (C=O) groups is 3. The largest absolute Gasteiger partial charge is 0.466 e. The van der Waals surface area contributed by atoms with Crippen LogP contribution in [0.5, 0.6) is 0 Å². The molecule has 1 aliphatic rings. The molecule has 1 aromatic carbocycles. The highest BCUT2D eigenvalue weighted by Gasteiger charge is 2.52. The average Bonchev–Trinajstić information content (AvgIpc) is 3.12. The van der Waals surface area contributed by atoms with E-state index in [2.05, 4.69) is 10.7 Å². The normalized spacial score (nSPS) is 20.2. The monoisotopic (exact) mass is 351 g/mol. The number of carbonyl (C=O) groups excluding carboxylic acids is 3. The van der Waals surface area contributed by atoms with E-state index in [0.717, 1.165) is 12.1 Å². The highest BCUT2D eigenvalue weighted by molar-refractivity contribution is 6.30. The smallest absolute Gasteiger partial charge is 0.344 e. The summed E-state index contributed by atoms with van der Waals surface area (Å²) in [6, 6.07) is 5.64. The van der Waals surface area contributed by atoms with Crippen molar-refractivity contribution >= 4 is 29.4 Å². The molecule has 1 fully saturated rings. The van der Waals surface area contributed by atoms with Crippen LogP contribution in [-0.4, -0.2) is 22.9 Å². The molecule has 9 heteroatoms. The molecule has 1 aliphatic heterocycles. The molecule has 0 bridgehead atoms. The van der Waals surface area contributed by atoms with Crippen LogP contribution in [0.4, 0.5) is 9.18 Å². The SMILES string of the molecule is C[C@@]1(c2ccco2)NC(=O)N(NC(=O)c2ccc(Cl)cc2F)C1=O. The van der Waals surface area contributed by atoms with Crippen LogP contribution in [0.25, 0.3) is 0 Å². The number of rotatable bonds is 3. The Kier molecular flexibility index (Phi) is 3.76. The van der Waals surface area contributed by atoms with Gasteiger partial charge in [-0.15, -0.1) is 0 Å². The predicted octanol–water partition coefficient (Wildman–Crippen LogP) is 2.18. The minimum absolute atomic E-state index is 0.115. The molecule has 0 radical (unpaired) electrons. The summed E-state index contributed by atoms with van der Waals surface area (Å²) in [5.74, 6) is -2.39. The number of hydrogen-bond acceptors (Lipinski definition) is 4. The summed E-state index contributed by atoms with van der Waals surface area (Å²) in [5, 5.41) is 3.03. The molecular weight excluding hydrogens is 341 g/mol. The molecule has 4 amide bonds. The highest BCUT2D eigenvalue weighted by Crippen LogP contribution is 2.28. The van der Waals surface area contributed by atoms with E-state index in [1.165, 1.54) is 25.3 Å². The first kappa shape index (κ1) is 16.0. The van der Waals surface area contributed by atoms with Gasteiger partial charge in [0, 0.05) is 5.02 Å². The molecule has 1 saturated heterocycles. The molecule has 2 heterocycles. The van der Waals surface area contributed by atoms with Gasteiger partial charge in [-0.3, -0.25) is 15.0 Å². The second kappa shape index (κ2) is 5.64. The summed E-state index contributed by atoms with van der Waals surface area (Å²) in [7, 11) is 0. The Bertz CT molecular complexity index is 839. The van der Waals surface area contributed by atoms with Crippen molar-refractivity contribution in [2.24, 2.45) is 0 Å². The second-order valence-electron chi connectivity index (χ2n) is 5.24. The van der Waals surface area contributed by atoms with Gasteiger partial charge in [0.05, 0.1) is 11.8 Å². The fourth-order valence-corrected chi connectivity index (χ4v) is 2.46. The molecule has 0 aliphatic carbocycles. The fraction of sp³-hybridized carbons (Fsp3) is 0.133. The molecule has 0 spiro atoms. The number of nitrogens with zero attached hydrogens (tertiary/aromatic N) is 1. The third kappa shape index (κ3) is 2.50. The van der Waals surface area contributed by atoms with Crippen LogP contribution >= 0.6 is 11.6 Å². The van der Waals surface area contributed by atoms with Gasteiger partial charge in [0.15, 0.2) is 5.54 Å². The molecule has 24 heavy (non-hydrogen) atoms. The fourth-order valence-electron chi connectivity index (χ4n) is 2.31. The van der Waals surface area contributed by atoms with Crippen LogP contribution in [0.3, 0.4) is 0 Å². The van der Waals surface area contributed by atoms with Gasteiger partial charge in [0.1, 0.15) is 11.6 Å². The Morgan fingerprint density at radius 3 is 2.75 bits per heavy atom. The molecular formula is C15H11ClFN3O4. The number of amides is 4. The maximum absolute atomic E-state index is 13.8. The number of urea groups is 1. The first-order chi connectivity index (χ1) is 11.3. The van der Waals surface area contributed by atoms with Crippen LogP contribution < -0.4 is 10.7 Å². The molecule has 2 N–H and O–H groups in total. The summed E-state index contributed by atoms with van der Waals surface area (Å²) in [6.45, 7) is 1.43. The zero-order chi connectivity index (χ0) is 17.5. The minimum Gasteiger partial charge on any atom is -0.466 e. The van der Waals surface area contributed by atoms with E-state index in [-0.39, 0.29) is 16.3 Å². The molecule has 2 aromatic rings. The summed E-state index contributed by atoms with van der Waals surface area (Å²) < 4.78 is 18.9. The van der Waals surface area contributed by atoms with Crippen LogP contribution in [0, 0.1) is 5.82 Å². The van der Waals surface area contributed by atoms with Gasteiger partial charge in [-0.2, -0.15) is 5.01 Å². The number of halogens is 2. The van der Waals surface area contributed by atoms with Crippen molar-refractivity contribution in [1.82, 2.24) is 15.8 Å². The number of hydrogen-bond donors (Lipinski definition) is 2. The van der Waals surface area contributed by atoms with Gasteiger partial charge >= 0.3 is 6.03 Å².